The molecule has 0 radical (unpaired) electrons. The molecule has 0 saturated carbocycles. The standard InChI is InChI=1S/C11H17NO6S2/c1-8(13)10(11(14)18-6-5-17-2)12-20(15,16)9-4-3-7-19-9/h3-4,7-8,10,12-13H,5-6H2,1-2H3. The number of aliphatic hydroxyl groups excluding tert-OH is 1. The number of ether oxygens (including phenoxy) is 2. The summed E-state index contributed by atoms with van der Waals surface area (Å²) in [4.78, 5) is 11.7. The van der Waals surface area contributed by atoms with Gasteiger partial charge in [0.2, 0.25) is 0 Å². The summed E-state index contributed by atoms with van der Waals surface area (Å²) in [6.07, 6.45) is -1.22. The molecule has 0 fully saturated rings. The Hall–Kier alpha value is -1.00. The molecule has 0 aliphatic rings. The summed E-state index contributed by atoms with van der Waals surface area (Å²) in [5.41, 5.74) is 0. The number of carbonyl (C=O) groups is 1. The minimum absolute atomic E-state index is 0.0146. The largest absolute Gasteiger partial charge is 0.462 e. The first-order valence-electron chi connectivity index (χ1n) is 5.78. The molecule has 114 valence electrons. The van der Waals surface area contributed by atoms with Crippen molar-refractivity contribution in [1.82, 2.24) is 4.72 Å². The van der Waals surface area contributed by atoms with Crippen LogP contribution in [0.3, 0.4) is 0 Å². The Morgan fingerprint density at radius 2 is 2.20 bits per heavy atom. The molecule has 0 amide bonds. The van der Waals surface area contributed by atoms with Gasteiger partial charge in [-0.15, -0.1) is 11.3 Å². The van der Waals surface area contributed by atoms with Crippen LogP contribution in [0.15, 0.2) is 21.7 Å². The lowest BCUT2D eigenvalue weighted by atomic mass is 10.2. The minimum Gasteiger partial charge on any atom is -0.462 e. The van der Waals surface area contributed by atoms with Gasteiger partial charge in [-0.25, -0.2) is 8.42 Å². The third-order valence-corrected chi connectivity index (χ3v) is 5.15. The van der Waals surface area contributed by atoms with Crippen molar-refractivity contribution in [2.75, 3.05) is 20.3 Å². The molecule has 20 heavy (non-hydrogen) atoms. The molecule has 1 aromatic rings. The third kappa shape index (κ3) is 4.84. The molecule has 7 nitrogen and oxygen atoms in total. The molecule has 0 bridgehead atoms. The van der Waals surface area contributed by atoms with Gasteiger partial charge in [-0.3, -0.25) is 4.79 Å². The Morgan fingerprint density at radius 3 is 2.70 bits per heavy atom. The maximum atomic E-state index is 12.0. The highest BCUT2D eigenvalue weighted by molar-refractivity contribution is 7.91. The molecule has 0 spiro atoms. The Labute approximate surface area is 121 Å². The fourth-order valence-electron chi connectivity index (χ4n) is 1.30. The highest BCUT2D eigenvalue weighted by Gasteiger charge is 2.31. The van der Waals surface area contributed by atoms with Gasteiger partial charge in [0, 0.05) is 7.11 Å². The number of nitrogens with one attached hydrogen (secondary N) is 1. The highest BCUT2D eigenvalue weighted by Crippen LogP contribution is 2.16. The second-order valence-corrected chi connectivity index (χ2v) is 6.82. The van der Waals surface area contributed by atoms with Gasteiger partial charge in [-0.1, -0.05) is 6.07 Å². The van der Waals surface area contributed by atoms with E-state index in [-0.39, 0.29) is 17.4 Å². The van der Waals surface area contributed by atoms with Crippen LogP contribution in [-0.4, -0.2) is 52.0 Å². The molecule has 0 aliphatic heterocycles. The van der Waals surface area contributed by atoms with E-state index in [0.717, 1.165) is 11.3 Å². The van der Waals surface area contributed by atoms with E-state index in [4.69, 9.17) is 9.47 Å². The number of hydrogen-bond acceptors (Lipinski definition) is 7. The monoisotopic (exact) mass is 323 g/mol. The lowest BCUT2D eigenvalue weighted by Gasteiger charge is -2.19. The second kappa shape index (κ2) is 7.70. The fraction of sp³-hybridized carbons (Fsp3) is 0.545. The number of hydrogen-bond donors (Lipinski definition) is 2. The lowest BCUT2D eigenvalue weighted by molar-refractivity contribution is -0.149. The van der Waals surface area contributed by atoms with Crippen molar-refractivity contribution in [2.45, 2.75) is 23.3 Å². The number of aliphatic hydroxyl groups is 1. The minimum atomic E-state index is -3.86. The van der Waals surface area contributed by atoms with E-state index in [9.17, 15) is 18.3 Å². The first kappa shape index (κ1) is 17.1. The molecule has 2 atom stereocenters. The normalized spacial score (nSPS) is 14.8. The summed E-state index contributed by atoms with van der Waals surface area (Å²) < 4.78 is 35.7. The number of thiophene rings is 1. The Morgan fingerprint density at radius 1 is 1.50 bits per heavy atom. The average Bonchev–Trinajstić information content (AvgIpc) is 2.90. The van der Waals surface area contributed by atoms with Crippen molar-refractivity contribution >= 4 is 27.3 Å². The number of esters is 1. The predicted molar refractivity (Wildman–Crippen MR) is 72.9 cm³/mol. The molecule has 1 heterocycles. The van der Waals surface area contributed by atoms with Gasteiger partial charge in [-0.05, 0) is 18.4 Å². The zero-order valence-electron chi connectivity index (χ0n) is 11.1. The van der Waals surface area contributed by atoms with Crippen LogP contribution in [-0.2, 0) is 24.3 Å². The summed E-state index contributed by atoms with van der Waals surface area (Å²) in [6, 6.07) is 1.62. The lowest BCUT2D eigenvalue weighted by Crippen LogP contribution is -2.48. The molecule has 0 aromatic carbocycles. The van der Waals surface area contributed by atoms with E-state index in [0.29, 0.717) is 0 Å². The van der Waals surface area contributed by atoms with E-state index in [1.165, 1.54) is 20.1 Å². The summed E-state index contributed by atoms with van der Waals surface area (Å²) in [5, 5.41) is 11.1. The summed E-state index contributed by atoms with van der Waals surface area (Å²) >= 11 is 1.01. The zero-order chi connectivity index (χ0) is 15.2. The number of rotatable bonds is 8. The Balaban J connectivity index is 2.75. The van der Waals surface area contributed by atoms with Gasteiger partial charge >= 0.3 is 5.97 Å². The Kier molecular flexibility index (Phi) is 6.56. The molecule has 1 rings (SSSR count). The first-order chi connectivity index (χ1) is 9.38. The molecular formula is C11H17NO6S2. The summed E-state index contributed by atoms with van der Waals surface area (Å²) in [5.74, 6) is -0.850. The van der Waals surface area contributed by atoms with Crippen LogP contribution in [0.25, 0.3) is 0 Å². The van der Waals surface area contributed by atoms with Crippen LogP contribution in [0.1, 0.15) is 6.92 Å². The van der Waals surface area contributed by atoms with Crippen molar-refractivity contribution in [3.63, 3.8) is 0 Å². The van der Waals surface area contributed by atoms with E-state index in [1.807, 2.05) is 0 Å². The predicted octanol–water partition coefficient (Wildman–Crippen LogP) is -0.0346. The van der Waals surface area contributed by atoms with E-state index < -0.39 is 28.1 Å². The maximum Gasteiger partial charge on any atom is 0.326 e. The molecule has 9 heteroatoms. The third-order valence-electron chi connectivity index (χ3n) is 2.31. The van der Waals surface area contributed by atoms with Crippen molar-refractivity contribution in [2.24, 2.45) is 0 Å². The van der Waals surface area contributed by atoms with Crippen molar-refractivity contribution in [3.8, 4) is 0 Å². The van der Waals surface area contributed by atoms with Gasteiger partial charge in [0.05, 0.1) is 12.7 Å². The van der Waals surface area contributed by atoms with E-state index in [2.05, 4.69) is 4.72 Å². The van der Waals surface area contributed by atoms with Crippen LogP contribution >= 0.6 is 11.3 Å². The summed E-state index contributed by atoms with van der Waals surface area (Å²) in [7, 11) is -2.42. The van der Waals surface area contributed by atoms with Gasteiger partial charge < -0.3 is 14.6 Å². The smallest absolute Gasteiger partial charge is 0.326 e. The van der Waals surface area contributed by atoms with Gasteiger partial charge in [0.1, 0.15) is 16.9 Å². The first-order valence-corrected chi connectivity index (χ1v) is 8.14. The second-order valence-electron chi connectivity index (χ2n) is 3.93. The van der Waals surface area contributed by atoms with E-state index in [1.54, 1.807) is 11.4 Å². The van der Waals surface area contributed by atoms with Crippen LogP contribution in [0.4, 0.5) is 0 Å². The molecule has 0 saturated heterocycles. The zero-order valence-corrected chi connectivity index (χ0v) is 12.7. The summed E-state index contributed by atoms with van der Waals surface area (Å²) in [6.45, 7) is 1.48. The van der Waals surface area contributed by atoms with Crippen molar-refractivity contribution < 1.29 is 27.8 Å². The quantitative estimate of drug-likeness (QED) is 0.514. The van der Waals surface area contributed by atoms with Crippen LogP contribution in [0, 0.1) is 0 Å². The van der Waals surface area contributed by atoms with Crippen molar-refractivity contribution in [3.05, 3.63) is 17.5 Å². The molecular weight excluding hydrogens is 306 g/mol. The average molecular weight is 323 g/mol. The Bertz CT molecular complexity index is 511. The van der Waals surface area contributed by atoms with Crippen LogP contribution in [0.5, 0.6) is 0 Å². The number of carbonyl (C=O) groups excluding carboxylic acids is 1. The maximum absolute atomic E-state index is 12.0. The van der Waals surface area contributed by atoms with Crippen LogP contribution < -0.4 is 4.72 Å². The van der Waals surface area contributed by atoms with Crippen molar-refractivity contribution in [1.29, 1.82) is 0 Å². The molecule has 2 N–H and O–H groups in total. The SMILES string of the molecule is COCCOC(=O)C(NS(=O)(=O)c1cccs1)C(C)O. The highest BCUT2D eigenvalue weighted by atomic mass is 32.2. The number of methoxy groups -OCH3 is 1. The molecule has 0 aliphatic carbocycles. The molecule has 1 aromatic heterocycles. The van der Waals surface area contributed by atoms with Gasteiger partial charge in [0.15, 0.2) is 0 Å². The number of sulfonamides is 1. The van der Waals surface area contributed by atoms with Crippen LogP contribution in [0.2, 0.25) is 0 Å². The van der Waals surface area contributed by atoms with E-state index >= 15 is 0 Å². The van der Waals surface area contributed by atoms with Gasteiger partial charge in [0.25, 0.3) is 10.0 Å². The fourth-order valence-corrected chi connectivity index (χ4v) is 3.57. The van der Waals surface area contributed by atoms with Gasteiger partial charge in [-0.2, -0.15) is 4.72 Å². The topological polar surface area (TPSA) is 102 Å². The molecule has 2 unspecified atom stereocenters.